The molecule has 0 saturated carbocycles. The summed E-state index contributed by atoms with van der Waals surface area (Å²) in [5.74, 6) is -0.785. The van der Waals surface area contributed by atoms with E-state index in [2.05, 4.69) is 15.5 Å². The summed E-state index contributed by atoms with van der Waals surface area (Å²) in [6.07, 6.45) is -1.31. The third kappa shape index (κ3) is 7.06. The second-order valence-electron chi connectivity index (χ2n) is 11.6. The zero-order chi connectivity index (χ0) is 34.5. The Bertz CT molecular complexity index is 1920. The SMILES string of the molecule is NC1C(=O)N2C(C(=O)OC(c3ccccc3)c3ccccc3)=C(CSc3nnnn3CC(=O)OC(c3ccccc3)c3ccccc3)CS[C@@H]12. The molecular formula is C37H32N6O5S2. The summed E-state index contributed by atoms with van der Waals surface area (Å²) < 4.78 is 13.5. The fourth-order valence-electron chi connectivity index (χ4n) is 5.85. The molecule has 4 aromatic carbocycles. The van der Waals surface area contributed by atoms with Crippen molar-refractivity contribution in [3.05, 3.63) is 155 Å². The highest BCUT2D eigenvalue weighted by Crippen LogP contribution is 2.42. The lowest BCUT2D eigenvalue weighted by molar-refractivity contribution is -0.153. The quantitative estimate of drug-likeness (QED) is 0.107. The van der Waals surface area contributed by atoms with Crippen molar-refractivity contribution in [2.24, 2.45) is 5.73 Å². The van der Waals surface area contributed by atoms with Gasteiger partial charge in [0, 0.05) is 11.5 Å². The summed E-state index contributed by atoms with van der Waals surface area (Å²) in [6, 6.07) is 37.2. The molecule has 252 valence electrons. The molecule has 50 heavy (non-hydrogen) atoms. The van der Waals surface area contributed by atoms with Crippen molar-refractivity contribution >= 4 is 41.4 Å². The van der Waals surface area contributed by atoms with Gasteiger partial charge in [-0.05, 0) is 38.3 Å². The summed E-state index contributed by atoms with van der Waals surface area (Å²) in [5, 5.41) is 11.9. The molecule has 1 fully saturated rings. The van der Waals surface area contributed by atoms with E-state index in [4.69, 9.17) is 15.2 Å². The third-order valence-corrected chi connectivity index (χ3v) is 10.7. The van der Waals surface area contributed by atoms with E-state index >= 15 is 0 Å². The number of rotatable bonds is 12. The van der Waals surface area contributed by atoms with Gasteiger partial charge in [-0.1, -0.05) is 133 Å². The maximum absolute atomic E-state index is 14.1. The first kappa shape index (κ1) is 33.3. The van der Waals surface area contributed by atoms with Gasteiger partial charge in [0.05, 0.1) is 0 Å². The molecule has 2 aliphatic rings. The van der Waals surface area contributed by atoms with Crippen LogP contribution in [0, 0.1) is 0 Å². The minimum Gasteiger partial charge on any atom is -0.451 e. The number of nitrogens with two attached hydrogens (primary N) is 1. The van der Waals surface area contributed by atoms with E-state index in [9.17, 15) is 14.4 Å². The molecule has 2 atom stereocenters. The molecule has 5 aromatic rings. The molecule has 11 nitrogen and oxygen atoms in total. The first-order valence-electron chi connectivity index (χ1n) is 15.9. The van der Waals surface area contributed by atoms with E-state index in [0.717, 1.165) is 22.3 Å². The highest BCUT2D eigenvalue weighted by atomic mass is 32.2. The summed E-state index contributed by atoms with van der Waals surface area (Å²) in [6.45, 7) is -0.231. The van der Waals surface area contributed by atoms with Crippen molar-refractivity contribution in [3.63, 3.8) is 0 Å². The van der Waals surface area contributed by atoms with Crippen LogP contribution in [-0.4, -0.2) is 65.9 Å². The van der Waals surface area contributed by atoms with Crippen LogP contribution in [0.3, 0.4) is 0 Å². The van der Waals surface area contributed by atoms with Gasteiger partial charge in [0.15, 0.2) is 12.2 Å². The molecule has 2 aliphatic heterocycles. The number of hydrogen-bond donors (Lipinski definition) is 1. The summed E-state index contributed by atoms with van der Waals surface area (Å²) in [7, 11) is 0. The zero-order valence-corrected chi connectivity index (χ0v) is 28.3. The van der Waals surface area contributed by atoms with Crippen molar-refractivity contribution in [3.8, 4) is 0 Å². The van der Waals surface area contributed by atoms with E-state index in [0.29, 0.717) is 16.5 Å². The lowest BCUT2D eigenvalue weighted by Crippen LogP contribution is -2.68. The first-order chi connectivity index (χ1) is 24.5. The van der Waals surface area contributed by atoms with Gasteiger partial charge in [-0.3, -0.25) is 14.5 Å². The van der Waals surface area contributed by atoms with Crippen LogP contribution in [0.1, 0.15) is 34.5 Å². The predicted molar refractivity (Wildman–Crippen MR) is 188 cm³/mol. The van der Waals surface area contributed by atoms with Gasteiger partial charge < -0.3 is 15.2 Å². The number of carbonyl (C=O) groups excluding carboxylic acids is 3. The fraction of sp³-hybridized carbons (Fsp3) is 0.189. The molecule has 0 aliphatic carbocycles. The molecule has 1 amide bonds. The Labute approximate surface area is 296 Å². The smallest absolute Gasteiger partial charge is 0.356 e. The van der Waals surface area contributed by atoms with E-state index in [1.807, 2.05) is 121 Å². The third-order valence-electron chi connectivity index (χ3n) is 8.32. The number of esters is 2. The van der Waals surface area contributed by atoms with Crippen LogP contribution in [0.4, 0.5) is 0 Å². The lowest BCUT2D eigenvalue weighted by Gasteiger charge is -2.48. The number of ether oxygens (including phenoxy) is 2. The molecule has 13 heteroatoms. The highest BCUT2D eigenvalue weighted by Gasteiger charge is 2.52. The van der Waals surface area contributed by atoms with Crippen molar-refractivity contribution in [2.45, 2.75) is 35.3 Å². The van der Waals surface area contributed by atoms with Crippen molar-refractivity contribution in [1.29, 1.82) is 0 Å². The second-order valence-corrected chi connectivity index (χ2v) is 13.6. The zero-order valence-electron chi connectivity index (χ0n) is 26.6. The Morgan fingerprint density at radius 1 is 0.800 bits per heavy atom. The van der Waals surface area contributed by atoms with E-state index in [-0.39, 0.29) is 29.3 Å². The molecule has 0 spiro atoms. The summed E-state index contributed by atoms with van der Waals surface area (Å²) in [4.78, 5) is 41.8. The number of fused-ring (bicyclic) bond motifs is 1. The molecule has 1 aromatic heterocycles. The van der Waals surface area contributed by atoms with Crippen LogP contribution >= 0.6 is 23.5 Å². The van der Waals surface area contributed by atoms with Crippen LogP contribution in [0.15, 0.2) is 138 Å². The van der Waals surface area contributed by atoms with E-state index in [1.54, 1.807) is 0 Å². The second kappa shape index (κ2) is 15.1. The van der Waals surface area contributed by atoms with E-state index < -0.39 is 30.2 Å². The number of hydrogen-bond acceptors (Lipinski definition) is 11. The molecule has 0 radical (unpaired) electrons. The van der Waals surface area contributed by atoms with Crippen LogP contribution in [0.25, 0.3) is 0 Å². The molecule has 1 saturated heterocycles. The Morgan fingerprint density at radius 2 is 1.30 bits per heavy atom. The van der Waals surface area contributed by atoms with Gasteiger partial charge in [0.1, 0.15) is 23.7 Å². The number of nitrogens with zero attached hydrogens (tertiary/aromatic N) is 5. The average molecular weight is 705 g/mol. The monoisotopic (exact) mass is 704 g/mol. The molecule has 1 unspecified atom stereocenters. The van der Waals surface area contributed by atoms with Crippen LogP contribution in [0.2, 0.25) is 0 Å². The van der Waals surface area contributed by atoms with Gasteiger partial charge in [-0.25, -0.2) is 9.48 Å². The molecule has 3 heterocycles. The topological polar surface area (TPSA) is 143 Å². The van der Waals surface area contributed by atoms with Gasteiger partial charge in [0.25, 0.3) is 0 Å². The molecule has 2 N–H and O–H groups in total. The van der Waals surface area contributed by atoms with Gasteiger partial charge in [0.2, 0.25) is 11.1 Å². The van der Waals surface area contributed by atoms with Gasteiger partial charge >= 0.3 is 11.9 Å². The van der Waals surface area contributed by atoms with E-state index in [1.165, 1.54) is 33.1 Å². The average Bonchev–Trinajstić information content (AvgIpc) is 3.62. The number of benzene rings is 4. The minimum absolute atomic E-state index is 0.178. The van der Waals surface area contributed by atoms with Crippen LogP contribution < -0.4 is 5.73 Å². The number of aromatic nitrogens is 4. The lowest BCUT2D eigenvalue weighted by atomic mass is 10.0. The fourth-order valence-corrected chi connectivity index (χ4v) is 8.16. The van der Waals surface area contributed by atoms with Gasteiger partial charge in [-0.2, -0.15) is 0 Å². The van der Waals surface area contributed by atoms with Crippen molar-refractivity contribution in [2.75, 3.05) is 11.5 Å². The number of amides is 1. The number of carbonyl (C=O) groups is 3. The largest absolute Gasteiger partial charge is 0.451 e. The first-order valence-corrected chi connectivity index (χ1v) is 17.9. The summed E-state index contributed by atoms with van der Waals surface area (Å²) >= 11 is 2.74. The maximum Gasteiger partial charge on any atom is 0.356 e. The predicted octanol–water partition coefficient (Wildman–Crippen LogP) is 4.93. The minimum atomic E-state index is -0.704. The molecule has 0 bridgehead atoms. The van der Waals surface area contributed by atoms with Crippen LogP contribution in [-0.2, 0) is 30.4 Å². The summed E-state index contributed by atoms with van der Waals surface area (Å²) in [5.41, 5.74) is 10.2. The van der Waals surface area contributed by atoms with Crippen LogP contribution in [0.5, 0.6) is 0 Å². The van der Waals surface area contributed by atoms with Gasteiger partial charge in [-0.15, -0.1) is 16.9 Å². The Morgan fingerprint density at radius 3 is 1.82 bits per heavy atom. The molecule has 7 rings (SSSR count). The standard InChI is InChI=1S/C37H32N6O5S2/c38-30-34(45)43-31(36(46)48-33(26-17-9-3-10-18-26)27-19-11-4-12-20-27)28(22-49-35(30)43)23-50-37-39-40-41-42(37)21-29(44)47-32(24-13-5-1-6-14-24)25-15-7-2-8-16-25/h1-20,30,32-33,35H,21-23,38H2/t30?,35-/m0/s1. The number of β-lactam (4-membered cyclic amide) rings is 1. The Hall–Kier alpha value is -5.24. The Kier molecular flexibility index (Phi) is 10.1. The highest BCUT2D eigenvalue weighted by molar-refractivity contribution is 8.01. The van der Waals surface area contributed by atoms with Crippen molar-refractivity contribution in [1.82, 2.24) is 25.1 Å². The Balaban J connectivity index is 1.10. The van der Waals surface area contributed by atoms with Crippen molar-refractivity contribution < 1.29 is 23.9 Å². The molecular weight excluding hydrogens is 673 g/mol. The number of tetrazole rings is 1. The maximum atomic E-state index is 14.1. The normalized spacial score (nSPS) is 17.0. The number of thioether (sulfide) groups is 2.